The predicted molar refractivity (Wildman–Crippen MR) is 69.2 cm³/mol. The summed E-state index contributed by atoms with van der Waals surface area (Å²) in [5, 5.41) is 0. The van der Waals surface area contributed by atoms with Crippen LogP contribution in [0, 0.1) is 0 Å². The van der Waals surface area contributed by atoms with Crippen molar-refractivity contribution in [3.63, 3.8) is 0 Å². The van der Waals surface area contributed by atoms with Crippen molar-refractivity contribution in [2.75, 3.05) is 25.6 Å². The lowest BCUT2D eigenvalue weighted by molar-refractivity contribution is -0.154. The van der Waals surface area contributed by atoms with E-state index in [1.54, 1.807) is 0 Å². The average Bonchev–Trinajstić information content (AvgIpc) is 2.40. The van der Waals surface area contributed by atoms with Gasteiger partial charge in [-0.3, -0.25) is 4.79 Å². The van der Waals surface area contributed by atoms with E-state index in [0.29, 0.717) is 38.3 Å². The van der Waals surface area contributed by atoms with Gasteiger partial charge in [0.15, 0.2) is 0 Å². The molecule has 1 aliphatic heterocycles. The number of anilines is 1. The third-order valence-corrected chi connectivity index (χ3v) is 3.48. The lowest BCUT2D eigenvalue weighted by atomic mass is 9.74. The van der Waals surface area contributed by atoms with Gasteiger partial charge in [0.25, 0.3) is 0 Å². The van der Waals surface area contributed by atoms with Gasteiger partial charge >= 0.3 is 5.97 Å². The number of ether oxygens (including phenoxy) is 2. The highest BCUT2D eigenvalue weighted by atomic mass is 16.5. The third-order valence-electron chi connectivity index (χ3n) is 3.48. The van der Waals surface area contributed by atoms with Crippen LogP contribution in [0.5, 0.6) is 0 Å². The standard InChI is InChI=1S/C14H19NO3/c1-2-18-13(16)14(7-9-17-10-8-14)11-3-5-12(15)6-4-11/h3-6H,2,7-10,15H2,1H3. The lowest BCUT2D eigenvalue weighted by Gasteiger charge is -2.35. The van der Waals surface area contributed by atoms with Crippen molar-refractivity contribution < 1.29 is 14.3 Å². The number of hydrogen-bond acceptors (Lipinski definition) is 4. The summed E-state index contributed by atoms with van der Waals surface area (Å²) in [7, 11) is 0. The second kappa shape index (κ2) is 5.40. The van der Waals surface area contributed by atoms with Gasteiger partial charge < -0.3 is 15.2 Å². The number of hydrogen-bond donors (Lipinski definition) is 1. The summed E-state index contributed by atoms with van der Waals surface area (Å²) in [6.45, 7) is 3.40. The Bertz CT molecular complexity index is 408. The fourth-order valence-electron chi connectivity index (χ4n) is 2.40. The Hall–Kier alpha value is -1.55. The molecule has 2 rings (SSSR count). The zero-order chi connectivity index (χ0) is 13.0. The molecular weight excluding hydrogens is 230 g/mol. The molecule has 4 heteroatoms. The summed E-state index contributed by atoms with van der Waals surface area (Å²) in [5.74, 6) is -0.155. The molecule has 2 N–H and O–H groups in total. The van der Waals surface area contributed by atoms with Crippen LogP contribution in [0.1, 0.15) is 25.3 Å². The summed E-state index contributed by atoms with van der Waals surface area (Å²) >= 11 is 0. The molecule has 4 nitrogen and oxygen atoms in total. The van der Waals surface area contributed by atoms with Crippen LogP contribution in [0.25, 0.3) is 0 Å². The van der Waals surface area contributed by atoms with E-state index in [4.69, 9.17) is 15.2 Å². The number of carbonyl (C=O) groups is 1. The van der Waals surface area contributed by atoms with E-state index >= 15 is 0 Å². The number of benzene rings is 1. The Balaban J connectivity index is 2.34. The van der Waals surface area contributed by atoms with E-state index in [2.05, 4.69) is 0 Å². The quantitative estimate of drug-likeness (QED) is 0.656. The molecule has 0 spiro atoms. The predicted octanol–water partition coefficient (Wildman–Crippen LogP) is 1.88. The van der Waals surface area contributed by atoms with Gasteiger partial charge in [0.05, 0.1) is 12.0 Å². The van der Waals surface area contributed by atoms with Crippen LogP contribution in [0.2, 0.25) is 0 Å². The number of carbonyl (C=O) groups excluding carboxylic acids is 1. The first-order valence-corrected chi connectivity index (χ1v) is 6.30. The molecule has 1 aliphatic rings. The highest BCUT2D eigenvalue weighted by Gasteiger charge is 2.42. The van der Waals surface area contributed by atoms with Crippen LogP contribution in [0.3, 0.4) is 0 Å². The van der Waals surface area contributed by atoms with Crippen LogP contribution in [-0.4, -0.2) is 25.8 Å². The molecule has 0 aliphatic carbocycles. The summed E-state index contributed by atoms with van der Waals surface area (Å²) < 4.78 is 10.6. The molecule has 18 heavy (non-hydrogen) atoms. The van der Waals surface area contributed by atoms with Crippen molar-refractivity contribution >= 4 is 11.7 Å². The van der Waals surface area contributed by atoms with Crippen molar-refractivity contribution in [3.8, 4) is 0 Å². The maximum atomic E-state index is 12.3. The summed E-state index contributed by atoms with van der Waals surface area (Å²) in [6.07, 6.45) is 1.32. The normalized spacial score (nSPS) is 18.3. The molecule has 98 valence electrons. The molecular formula is C14H19NO3. The van der Waals surface area contributed by atoms with Gasteiger partial charge in [0.1, 0.15) is 0 Å². The van der Waals surface area contributed by atoms with Crippen LogP contribution >= 0.6 is 0 Å². The van der Waals surface area contributed by atoms with Gasteiger partial charge in [0, 0.05) is 18.9 Å². The maximum absolute atomic E-state index is 12.3. The summed E-state index contributed by atoms with van der Waals surface area (Å²) in [4.78, 5) is 12.3. The Kier molecular flexibility index (Phi) is 3.87. The van der Waals surface area contributed by atoms with Crippen LogP contribution in [-0.2, 0) is 19.7 Å². The van der Waals surface area contributed by atoms with Crippen molar-refractivity contribution in [1.29, 1.82) is 0 Å². The second-order valence-corrected chi connectivity index (χ2v) is 4.54. The highest BCUT2D eigenvalue weighted by molar-refractivity contribution is 5.83. The minimum absolute atomic E-state index is 0.155. The van der Waals surface area contributed by atoms with Gasteiger partial charge in [-0.2, -0.15) is 0 Å². The Labute approximate surface area is 107 Å². The Morgan fingerprint density at radius 3 is 2.50 bits per heavy atom. The number of esters is 1. The van der Waals surface area contributed by atoms with Crippen molar-refractivity contribution in [1.82, 2.24) is 0 Å². The van der Waals surface area contributed by atoms with E-state index in [9.17, 15) is 4.79 Å². The molecule has 0 amide bonds. The van der Waals surface area contributed by atoms with Crippen LogP contribution < -0.4 is 5.73 Å². The smallest absolute Gasteiger partial charge is 0.316 e. The van der Waals surface area contributed by atoms with Gasteiger partial charge in [-0.05, 0) is 37.5 Å². The zero-order valence-electron chi connectivity index (χ0n) is 10.6. The van der Waals surface area contributed by atoms with Crippen LogP contribution in [0.4, 0.5) is 5.69 Å². The van der Waals surface area contributed by atoms with Gasteiger partial charge in [-0.1, -0.05) is 12.1 Å². The Morgan fingerprint density at radius 2 is 1.94 bits per heavy atom. The largest absolute Gasteiger partial charge is 0.465 e. The fourth-order valence-corrected chi connectivity index (χ4v) is 2.40. The molecule has 0 aromatic heterocycles. The maximum Gasteiger partial charge on any atom is 0.316 e. The van der Waals surface area contributed by atoms with Crippen molar-refractivity contribution in [2.45, 2.75) is 25.2 Å². The van der Waals surface area contributed by atoms with Crippen molar-refractivity contribution in [2.24, 2.45) is 0 Å². The Morgan fingerprint density at radius 1 is 1.33 bits per heavy atom. The first-order chi connectivity index (χ1) is 8.69. The molecule has 0 unspecified atom stereocenters. The van der Waals surface area contributed by atoms with Crippen LogP contribution in [0.15, 0.2) is 24.3 Å². The summed E-state index contributed by atoms with van der Waals surface area (Å²) in [5.41, 5.74) is 6.80. The minimum atomic E-state index is -0.567. The SMILES string of the molecule is CCOC(=O)C1(c2ccc(N)cc2)CCOCC1. The molecule has 1 heterocycles. The lowest BCUT2D eigenvalue weighted by Crippen LogP contribution is -2.42. The number of nitrogen functional groups attached to an aromatic ring is 1. The number of nitrogens with two attached hydrogens (primary N) is 1. The fraction of sp³-hybridized carbons (Fsp3) is 0.500. The topological polar surface area (TPSA) is 61.5 Å². The first kappa shape index (κ1) is 12.9. The van der Waals surface area contributed by atoms with E-state index in [-0.39, 0.29) is 5.97 Å². The van der Waals surface area contributed by atoms with Gasteiger partial charge in [-0.15, -0.1) is 0 Å². The number of rotatable bonds is 3. The van der Waals surface area contributed by atoms with Crippen molar-refractivity contribution in [3.05, 3.63) is 29.8 Å². The second-order valence-electron chi connectivity index (χ2n) is 4.54. The highest BCUT2D eigenvalue weighted by Crippen LogP contribution is 2.36. The third kappa shape index (κ3) is 2.34. The van der Waals surface area contributed by atoms with Gasteiger partial charge in [0.2, 0.25) is 0 Å². The molecule has 1 aromatic carbocycles. The molecule has 0 bridgehead atoms. The van der Waals surface area contributed by atoms with E-state index in [0.717, 1.165) is 5.56 Å². The minimum Gasteiger partial charge on any atom is -0.465 e. The summed E-state index contributed by atoms with van der Waals surface area (Å²) in [6, 6.07) is 7.48. The molecule has 0 saturated carbocycles. The monoisotopic (exact) mass is 249 g/mol. The molecule has 1 saturated heterocycles. The average molecular weight is 249 g/mol. The van der Waals surface area contributed by atoms with E-state index in [1.165, 1.54) is 0 Å². The molecule has 1 fully saturated rings. The molecule has 1 aromatic rings. The molecule has 0 radical (unpaired) electrons. The molecule has 0 atom stereocenters. The first-order valence-electron chi connectivity index (χ1n) is 6.30. The van der Waals surface area contributed by atoms with Gasteiger partial charge in [-0.25, -0.2) is 0 Å². The van der Waals surface area contributed by atoms with E-state index < -0.39 is 5.41 Å². The van der Waals surface area contributed by atoms with E-state index in [1.807, 2.05) is 31.2 Å². The zero-order valence-corrected chi connectivity index (χ0v) is 10.6.